The molecule has 0 bridgehead atoms. The highest BCUT2D eigenvalue weighted by molar-refractivity contribution is 5.75. The Morgan fingerprint density at radius 2 is 1.12 bits per heavy atom. The van der Waals surface area contributed by atoms with Crippen LogP contribution in [-0.2, 0) is 0 Å². The molecule has 34 heavy (non-hydrogen) atoms. The molecule has 0 aliphatic heterocycles. The molecule has 0 radical (unpaired) electrons. The maximum atomic E-state index is 6.26. The molecule has 0 aliphatic rings. The summed E-state index contributed by atoms with van der Waals surface area (Å²) in [6.07, 6.45) is 21.2. The van der Waals surface area contributed by atoms with Crippen LogP contribution in [0.2, 0.25) is 0 Å². The number of hydrogen-bond donors (Lipinski definition) is 0. The Kier molecular flexibility index (Phi) is 14.6. The lowest BCUT2D eigenvalue weighted by molar-refractivity contribution is 0.295. The second kappa shape index (κ2) is 17.9. The minimum atomic E-state index is 0.743. The predicted octanol–water partition coefficient (Wildman–Crippen LogP) is 9.98. The summed E-state index contributed by atoms with van der Waals surface area (Å²) in [4.78, 5) is 0. The second-order valence-corrected chi connectivity index (χ2v) is 9.11. The van der Waals surface area contributed by atoms with Crippen molar-refractivity contribution < 1.29 is 9.47 Å². The molecule has 0 aromatic heterocycles. The number of hydrogen-bond acceptors (Lipinski definition) is 2. The van der Waals surface area contributed by atoms with Gasteiger partial charge in [0.2, 0.25) is 0 Å². The Morgan fingerprint density at radius 3 is 1.68 bits per heavy atom. The molecule has 2 aromatic rings. The van der Waals surface area contributed by atoms with E-state index in [4.69, 9.17) is 9.47 Å². The van der Waals surface area contributed by atoms with Gasteiger partial charge in [-0.1, -0.05) is 133 Å². The molecule has 2 rings (SSSR count). The highest BCUT2D eigenvalue weighted by Gasteiger charge is 2.10. The fourth-order valence-corrected chi connectivity index (χ4v) is 4.01. The molecule has 2 aromatic carbocycles. The summed E-state index contributed by atoms with van der Waals surface area (Å²) in [5.41, 5.74) is 3.23. The van der Waals surface area contributed by atoms with Crippen LogP contribution in [0.5, 0.6) is 11.5 Å². The largest absolute Gasteiger partial charge is 0.493 e. The molecule has 0 unspecified atom stereocenters. The SMILES string of the molecule is C=Cc1cc(OCCCCCCCC)c(C=Cc2ccccc2)cc1OCCCCCCCC. The lowest BCUT2D eigenvalue weighted by Gasteiger charge is -2.15. The van der Waals surface area contributed by atoms with Crippen molar-refractivity contribution in [3.05, 3.63) is 65.7 Å². The van der Waals surface area contributed by atoms with E-state index in [1.807, 2.05) is 12.1 Å². The Morgan fingerprint density at radius 1 is 0.618 bits per heavy atom. The zero-order chi connectivity index (χ0) is 24.3. The number of ether oxygens (including phenoxy) is 2. The molecular weight excluding hydrogens is 416 g/mol. The fraction of sp³-hybridized carbons (Fsp3) is 0.500. The standard InChI is InChI=1S/C32H46O2/c1-4-7-9-11-13-18-24-33-31-27-30(23-22-28-20-16-15-17-21-28)32(26-29(31)6-3)34-25-19-14-12-10-8-5-2/h6,15-17,20-23,26-27H,3-5,7-14,18-19,24-25H2,1-2H3. The maximum absolute atomic E-state index is 6.26. The van der Waals surface area contributed by atoms with E-state index >= 15 is 0 Å². The van der Waals surface area contributed by atoms with Crippen molar-refractivity contribution in [1.82, 2.24) is 0 Å². The Bertz CT molecular complexity index is 822. The van der Waals surface area contributed by atoms with Gasteiger partial charge in [-0.2, -0.15) is 0 Å². The van der Waals surface area contributed by atoms with E-state index in [2.05, 4.69) is 69.0 Å². The van der Waals surface area contributed by atoms with Crippen molar-refractivity contribution in [1.29, 1.82) is 0 Å². The van der Waals surface area contributed by atoms with Gasteiger partial charge in [-0.15, -0.1) is 0 Å². The van der Waals surface area contributed by atoms with Crippen LogP contribution in [-0.4, -0.2) is 13.2 Å². The summed E-state index contributed by atoms with van der Waals surface area (Å²) < 4.78 is 12.5. The number of unbranched alkanes of at least 4 members (excludes halogenated alkanes) is 10. The molecule has 0 N–H and O–H groups in total. The first kappa shape index (κ1) is 27.8. The molecule has 0 atom stereocenters. The van der Waals surface area contributed by atoms with Gasteiger partial charge in [0, 0.05) is 11.1 Å². The zero-order valence-electron chi connectivity index (χ0n) is 21.7. The highest BCUT2D eigenvalue weighted by atomic mass is 16.5. The molecule has 0 heterocycles. The smallest absolute Gasteiger partial charge is 0.127 e. The van der Waals surface area contributed by atoms with E-state index in [1.165, 1.54) is 69.8 Å². The number of benzene rings is 2. The van der Waals surface area contributed by atoms with Crippen molar-refractivity contribution in [3.8, 4) is 11.5 Å². The van der Waals surface area contributed by atoms with E-state index in [-0.39, 0.29) is 0 Å². The Balaban J connectivity index is 2.04. The third-order valence-corrected chi connectivity index (χ3v) is 6.13. The first-order valence-corrected chi connectivity index (χ1v) is 13.6. The van der Waals surface area contributed by atoms with Crippen LogP contribution in [0.1, 0.15) is 108 Å². The molecule has 0 aliphatic carbocycles. The Labute approximate surface area is 209 Å². The summed E-state index contributed by atoms with van der Waals surface area (Å²) in [5, 5.41) is 0. The van der Waals surface area contributed by atoms with E-state index < -0.39 is 0 Å². The highest BCUT2D eigenvalue weighted by Crippen LogP contribution is 2.32. The van der Waals surface area contributed by atoms with E-state index in [0.717, 1.165) is 48.7 Å². The average Bonchev–Trinajstić information content (AvgIpc) is 2.87. The van der Waals surface area contributed by atoms with Crippen molar-refractivity contribution in [2.75, 3.05) is 13.2 Å². The van der Waals surface area contributed by atoms with Crippen LogP contribution >= 0.6 is 0 Å². The third kappa shape index (κ3) is 11.1. The first-order chi connectivity index (χ1) is 16.8. The lowest BCUT2D eigenvalue weighted by atomic mass is 10.1. The molecule has 2 heteroatoms. The van der Waals surface area contributed by atoms with Gasteiger partial charge in [-0.05, 0) is 30.5 Å². The van der Waals surface area contributed by atoms with Crippen molar-refractivity contribution in [3.63, 3.8) is 0 Å². The quantitative estimate of drug-likeness (QED) is 0.153. The van der Waals surface area contributed by atoms with Crippen molar-refractivity contribution >= 4 is 18.2 Å². The molecule has 0 spiro atoms. The van der Waals surface area contributed by atoms with Crippen LogP contribution < -0.4 is 9.47 Å². The molecule has 2 nitrogen and oxygen atoms in total. The van der Waals surface area contributed by atoms with Crippen LogP contribution in [0.4, 0.5) is 0 Å². The molecular formula is C32H46O2. The van der Waals surface area contributed by atoms with Crippen LogP contribution in [0.25, 0.3) is 18.2 Å². The van der Waals surface area contributed by atoms with E-state index in [1.54, 1.807) is 0 Å². The normalized spacial score (nSPS) is 11.1. The van der Waals surface area contributed by atoms with Gasteiger partial charge in [-0.3, -0.25) is 0 Å². The summed E-state index contributed by atoms with van der Waals surface area (Å²) in [7, 11) is 0. The van der Waals surface area contributed by atoms with Crippen molar-refractivity contribution in [2.24, 2.45) is 0 Å². The topological polar surface area (TPSA) is 18.5 Å². The van der Waals surface area contributed by atoms with Gasteiger partial charge in [0.1, 0.15) is 11.5 Å². The summed E-state index contributed by atoms with van der Waals surface area (Å²) in [6.45, 7) is 10.0. The zero-order valence-corrected chi connectivity index (χ0v) is 21.7. The van der Waals surface area contributed by atoms with Crippen LogP contribution in [0.15, 0.2) is 49.0 Å². The summed E-state index contributed by atoms with van der Waals surface area (Å²) in [6, 6.07) is 14.6. The first-order valence-electron chi connectivity index (χ1n) is 13.6. The molecule has 0 saturated carbocycles. The van der Waals surface area contributed by atoms with Gasteiger partial charge >= 0.3 is 0 Å². The Hall–Kier alpha value is -2.48. The maximum Gasteiger partial charge on any atom is 0.127 e. The van der Waals surface area contributed by atoms with Crippen molar-refractivity contribution in [2.45, 2.75) is 90.9 Å². The summed E-state index contributed by atoms with van der Waals surface area (Å²) >= 11 is 0. The van der Waals surface area contributed by atoms with Gasteiger partial charge in [0.15, 0.2) is 0 Å². The molecule has 0 amide bonds. The van der Waals surface area contributed by atoms with Crippen LogP contribution in [0, 0.1) is 0 Å². The predicted molar refractivity (Wildman–Crippen MR) is 150 cm³/mol. The van der Waals surface area contributed by atoms with Gasteiger partial charge < -0.3 is 9.47 Å². The van der Waals surface area contributed by atoms with Gasteiger partial charge in [0.05, 0.1) is 13.2 Å². The fourth-order valence-electron chi connectivity index (χ4n) is 4.01. The monoisotopic (exact) mass is 462 g/mol. The number of rotatable bonds is 19. The lowest BCUT2D eigenvalue weighted by Crippen LogP contribution is -2.03. The summed E-state index contributed by atoms with van der Waals surface area (Å²) in [5.74, 6) is 1.80. The minimum absolute atomic E-state index is 0.743. The van der Waals surface area contributed by atoms with Gasteiger partial charge in [-0.25, -0.2) is 0 Å². The second-order valence-electron chi connectivity index (χ2n) is 9.11. The van der Waals surface area contributed by atoms with Crippen LogP contribution in [0.3, 0.4) is 0 Å². The minimum Gasteiger partial charge on any atom is -0.493 e. The van der Waals surface area contributed by atoms with E-state index in [0.29, 0.717) is 0 Å². The van der Waals surface area contributed by atoms with E-state index in [9.17, 15) is 0 Å². The molecule has 0 saturated heterocycles. The van der Waals surface area contributed by atoms with Gasteiger partial charge in [0.25, 0.3) is 0 Å². The average molecular weight is 463 g/mol. The third-order valence-electron chi connectivity index (χ3n) is 6.13. The molecule has 186 valence electrons. The molecule has 0 fully saturated rings.